The maximum absolute atomic E-state index is 12.9. The lowest BCUT2D eigenvalue weighted by Gasteiger charge is -2.26. The molecule has 0 bridgehead atoms. The Kier molecular flexibility index (Phi) is 5.40. The maximum Gasteiger partial charge on any atom is 0.332 e. The molecule has 1 aliphatic heterocycles. The van der Waals surface area contributed by atoms with Gasteiger partial charge in [0.2, 0.25) is 5.78 Å². The van der Waals surface area contributed by atoms with Crippen LogP contribution in [0.15, 0.2) is 40.1 Å². The zero-order valence-electron chi connectivity index (χ0n) is 18.1. The van der Waals surface area contributed by atoms with E-state index in [1.165, 1.54) is 11.6 Å². The van der Waals surface area contributed by atoms with E-state index in [1.54, 1.807) is 11.4 Å². The van der Waals surface area contributed by atoms with Crippen LogP contribution in [-0.2, 0) is 25.4 Å². The topological polar surface area (TPSA) is 78.7 Å². The van der Waals surface area contributed by atoms with Crippen LogP contribution in [0.5, 0.6) is 0 Å². The average molecular weight is 457 g/mol. The molecule has 0 amide bonds. The highest BCUT2D eigenvalue weighted by molar-refractivity contribution is 6.30. The van der Waals surface area contributed by atoms with Crippen LogP contribution in [0.2, 0.25) is 5.02 Å². The molecule has 0 N–H and O–H groups in total. The summed E-state index contributed by atoms with van der Waals surface area (Å²) in [5, 5.41) is 0.665. The molecule has 0 spiro atoms. The first-order valence-corrected chi connectivity index (χ1v) is 11.1. The zero-order valence-corrected chi connectivity index (χ0v) is 18.9. The smallest absolute Gasteiger partial charge is 0.332 e. The summed E-state index contributed by atoms with van der Waals surface area (Å²) in [4.78, 5) is 32.5. The fraction of sp³-hybridized carbons (Fsp3) is 0.409. The second kappa shape index (κ2) is 8.23. The van der Waals surface area contributed by atoms with Crippen molar-refractivity contribution in [2.75, 3.05) is 32.8 Å². The van der Waals surface area contributed by atoms with Gasteiger partial charge in [-0.3, -0.25) is 23.2 Å². The lowest BCUT2D eigenvalue weighted by Crippen LogP contribution is -2.37. The fourth-order valence-electron chi connectivity index (χ4n) is 4.36. The molecule has 4 aromatic rings. The van der Waals surface area contributed by atoms with Crippen molar-refractivity contribution >= 4 is 28.5 Å². The average Bonchev–Trinajstić information content (AvgIpc) is 3.34. The zero-order chi connectivity index (χ0) is 22.4. The van der Waals surface area contributed by atoms with Gasteiger partial charge in [-0.25, -0.2) is 4.79 Å². The second-order valence-corrected chi connectivity index (χ2v) is 8.58. The Morgan fingerprint density at radius 2 is 1.75 bits per heavy atom. The van der Waals surface area contributed by atoms with Crippen LogP contribution in [0.4, 0.5) is 0 Å². The molecule has 1 saturated heterocycles. The van der Waals surface area contributed by atoms with Gasteiger partial charge in [0.25, 0.3) is 5.56 Å². The van der Waals surface area contributed by atoms with E-state index in [1.807, 2.05) is 30.5 Å². The number of nitrogens with zero attached hydrogens (tertiary/aromatic N) is 6. The lowest BCUT2D eigenvalue weighted by atomic mass is 10.1. The molecule has 0 saturated carbocycles. The van der Waals surface area contributed by atoms with Gasteiger partial charge in [0.1, 0.15) is 0 Å². The number of aryl methyl sites for hydroxylation is 2. The number of aromatic nitrogens is 5. The van der Waals surface area contributed by atoms with E-state index in [2.05, 4.69) is 9.47 Å². The summed E-state index contributed by atoms with van der Waals surface area (Å²) >= 11 is 6.10. The van der Waals surface area contributed by atoms with Gasteiger partial charge in [0.05, 0.1) is 18.9 Å². The van der Waals surface area contributed by atoms with E-state index >= 15 is 0 Å². The number of hydrogen-bond donors (Lipinski definition) is 0. The minimum atomic E-state index is -0.389. The highest BCUT2D eigenvalue weighted by Gasteiger charge is 2.21. The number of benzene rings is 1. The van der Waals surface area contributed by atoms with Crippen molar-refractivity contribution in [1.82, 2.24) is 28.0 Å². The van der Waals surface area contributed by atoms with Crippen LogP contribution >= 0.6 is 11.6 Å². The summed E-state index contributed by atoms with van der Waals surface area (Å²) in [6.07, 6.45) is 2.85. The predicted octanol–water partition coefficient (Wildman–Crippen LogP) is 1.73. The van der Waals surface area contributed by atoms with E-state index in [0.717, 1.165) is 61.6 Å². The van der Waals surface area contributed by atoms with Gasteiger partial charge in [0, 0.05) is 51.5 Å². The van der Waals surface area contributed by atoms with E-state index < -0.39 is 0 Å². The molecule has 0 aliphatic carbocycles. The van der Waals surface area contributed by atoms with Crippen LogP contribution in [0.3, 0.4) is 0 Å². The van der Waals surface area contributed by atoms with Crippen molar-refractivity contribution in [3.05, 3.63) is 56.3 Å². The molecule has 10 heteroatoms. The number of halogens is 1. The first-order chi connectivity index (χ1) is 15.5. The van der Waals surface area contributed by atoms with Gasteiger partial charge >= 0.3 is 5.69 Å². The van der Waals surface area contributed by atoms with Crippen LogP contribution < -0.4 is 11.2 Å². The first kappa shape index (κ1) is 21.0. The monoisotopic (exact) mass is 456 g/mol. The molecule has 0 unspecified atom stereocenters. The van der Waals surface area contributed by atoms with Crippen LogP contribution in [0.1, 0.15) is 6.42 Å². The molecule has 168 valence electrons. The molecule has 1 fully saturated rings. The standard InChI is InChI=1S/C22H25ClN6O3/c1-25-19-18(20(30)26(2)22(25)31)29-14-17(15-4-6-16(23)7-5-15)28(21(29)24-19)9-3-8-27-10-12-32-13-11-27/h4-7,14H,3,8-13H2,1-2H3. The normalized spacial score (nSPS) is 15.2. The van der Waals surface area contributed by atoms with Crippen molar-refractivity contribution in [1.29, 1.82) is 0 Å². The summed E-state index contributed by atoms with van der Waals surface area (Å²) in [6.45, 7) is 5.10. The molecule has 5 rings (SSSR count). The van der Waals surface area contributed by atoms with E-state index in [0.29, 0.717) is 22.0 Å². The number of imidazole rings is 2. The highest BCUT2D eigenvalue weighted by Crippen LogP contribution is 2.27. The van der Waals surface area contributed by atoms with Crippen molar-refractivity contribution in [3.8, 4) is 11.3 Å². The molecular weight excluding hydrogens is 432 g/mol. The number of rotatable bonds is 5. The summed E-state index contributed by atoms with van der Waals surface area (Å²) in [5.74, 6) is 0.644. The van der Waals surface area contributed by atoms with Gasteiger partial charge in [-0.1, -0.05) is 23.7 Å². The van der Waals surface area contributed by atoms with Crippen LogP contribution in [-0.4, -0.2) is 60.8 Å². The first-order valence-electron chi connectivity index (χ1n) is 10.7. The van der Waals surface area contributed by atoms with Crippen LogP contribution in [0.25, 0.3) is 28.2 Å². The Morgan fingerprint density at radius 1 is 1.03 bits per heavy atom. The molecule has 0 atom stereocenters. The largest absolute Gasteiger partial charge is 0.379 e. The predicted molar refractivity (Wildman–Crippen MR) is 123 cm³/mol. The Labute approximate surface area is 189 Å². The van der Waals surface area contributed by atoms with Crippen molar-refractivity contribution in [2.24, 2.45) is 14.1 Å². The van der Waals surface area contributed by atoms with Gasteiger partial charge in [-0.05, 0) is 24.1 Å². The SMILES string of the molecule is Cn1c(=O)c2c(nc3n(CCCN4CCOCC4)c(-c4ccc(Cl)cc4)cn23)n(C)c1=O. The lowest BCUT2D eigenvalue weighted by molar-refractivity contribution is 0.0370. The van der Waals surface area contributed by atoms with Gasteiger partial charge in [-0.15, -0.1) is 0 Å². The third-order valence-electron chi connectivity index (χ3n) is 6.16. The minimum absolute atomic E-state index is 0.358. The quantitative estimate of drug-likeness (QED) is 0.457. The third-order valence-corrected chi connectivity index (χ3v) is 6.41. The molecule has 4 heterocycles. The second-order valence-electron chi connectivity index (χ2n) is 8.14. The van der Waals surface area contributed by atoms with Crippen molar-refractivity contribution in [3.63, 3.8) is 0 Å². The minimum Gasteiger partial charge on any atom is -0.379 e. The molecule has 3 aromatic heterocycles. The Balaban J connectivity index is 1.63. The van der Waals surface area contributed by atoms with Crippen LogP contribution in [0, 0.1) is 0 Å². The number of fused-ring (bicyclic) bond motifs is 3. The van der Waals surface area contributed by atoms with E-state index in [-0.39, 0.29) is 11.2 Å². The van der Waals surface area contributed by atoms with Gasteiger partial charge in [0.15, 0.2) is 11.2 Å². The summed E-state index contributed by atoms with van der Waals surface area (Å²) < 4.78 is 11.9. The summed E-state index contributed by atoms with van der Waals surface area (Å²) in [6, 6.07) is 7.63. The number of hydrogen-bond acceptors (Lipinski definition) is 5. The molecule has 0 radical (unpaired) electrons. The molecule has 1 aliphatic rings. The molecular formula is C22H25ClN6O3. The summed E-state index contributed by atoms with van der Waals surface area (Å²) in [5.41, 5.74) is 1.97. The highest BCUT2D eigenvalue weighted by atomic mass is 35.5. The molecule has 1 aromatic carbocycles. The van der Waals surface area contributed by atoms with Crippen molar-refractivity contribution < 1.29 is 4.74 Å². The van der Waals surface area contributed by atoms with E-state index in [4.69, 9.17) is 21.3 Å². The Hall–Kier alpha value is -2.88. The van der Waals surface area contributed by atoms with Gasteiger partial charge < -0.3 is 9.30 Å². The Bertz CT molecular complexity index is 1410. The third kappa shape index (κ3) is 3.46. The van der Waals surface area contributed by atoms with Gasteiger partial charge in [-0.2, -0.15) is 4.98 Å². The molecule has 9 nitrogen and oxygen atoms in total. The fourth-order valence-corrected chi connectivity index (χ4v) is 4.49. The number of morpholine rings is 1. The summed E-state index contributed by atoms with van der Waals surface area (Å²) in [7, 11) is 3.13. The molecule has 32 heavy (non-hydrogen) atoms. The maximum atomic E-state index is 12.9. The number of ether oxygens (including phenoxy) is 1. The van der Waals surface area contributed by atoms with E-state index in [9.17, 15) is 9.59 Å². The van der Waals surface area contributed by atoms with Crippen molar-refractivity contribution in [2.45, 2.75) is 13.0 Å². The Morgan fingerprint density at radius 3 is 2.47 bits per heavy atom.